The SMILES string of the molecule is CC(C)C1CNCCN1c1cccc(Br)c1. The zero-order chi connectivity index (χ0) is 11.5. The van der Waals surface area contributed by atoms with Crippen molar-refractivity contribution in [2.24, 2.45) is 5.92 Å². The fourth-order valence-corrected chi connectivity index (χ4v) is 2.68. The van der Waals surface area contributed by atoms with Crippen LogP contribution in [0, 0.1) is 5.92 Å². The van der Waals surface area contributed by atoms with Crippen LogP contribution in [-0.4, -0.2) is 25.7 Å². The topological polar surface area (TPSA) is 15.3 Å². The average Bonchev–Trinajstić information content (AvgIpc) is 2.29. The van der Waals surface area contributed by atoms with Crippen LogP contribution in [0.1, 0.15) is 13.8 Å². The molecule has 1 N–H and O–H groups in total. The number of hydrogen-bond donors (Lipinski definition) is 1. The zero-order valence-corrected chi connectivity index (χ0v) is 11.5. The van der Waals surface area contributed by atoms with Gasteiger partial charge < -0.3 is 10.2 Å². The van der Waals surface area contributed by atoms with Crippen molar-refractivity contribution in [2.75, 3.05) is 24.5 Å². The molecule has 1 aromatic rings. The predicted octanol–water partition coefficient (Wildman–Crippen LogP) is 2.88. The first-order chi connectivity index (χ1) is 7.68. The summed E-state index contributed by atoms with van der Waals surface area (Å²) in [5.74, 6) is 0.673. The first-order valence-corrected chi connectivity index (χ1v) is 6.70. The van der Waals surface area contributed by atoms with Crippen molar-refractivity contribution in [3.05, 3.63) is 28.7 Å². The molecule has 1 aliphatic heterocycles. The monoisotopic (exact) mass is 282 g/mol. The minimum absolute atomic E-state index is 0.600. The van der Waals surface area contributed by atoms with Gasteiger partial charge in [-0.1, -0.05) is 35.8 Å². The summed E-state index contributed by atoms with van der Waals surface area (Å²) in [6, 6.07) is 9.20. The normalized spacial score (nSPS) is 21.5. The van der Waals surface area contributed by atoms with Gasteiger partial charge in [-0.15, -0.1) is 0 Å². The second-order valence-electron chi connectivity index (χ2n) is 4.69. The van der Waals surface area contributed by atoms with E-state index in [0.717, 1.165) is 24.1 Å². The summed E-state index contributed by atoms with van der Waals surface area (Å²) >= 11 is 3.54. The molecule has 0 radical (unpaired) electrons. The number of rotatable bonds is 2. The first kappa shape index (κ1) is 11.9. The summed E-state index contributed by atoms with van der Waals surface area (Å²) in [6.07, 6.45) is 0. The molecule has 0 aliphatic carbocycles. The van der Waals surface area contributed by atoms with E-state index in [-0.39, 0.29) is 0 Å². The Bertz CT molecular complexity index is 352. The molecule has 0 aromatic heterocycles. The summed E-state index contributed by atoms with van der Waals surface area (Å²) in [5, 5.41) is 3.48. The highest BCUT2D eigenvalue weighted by Gasteiger charge is 2.24. The summed E-state index contributed by atoms with van der Waals surface area (Å²) in [5.41, 5.74) is 1.33. The third kappa shape index (κ3) is 2.58. The van der Waals surface area contributed by atoms with Crippen molar-refractivity contribution < 1.29 is 0 Å². The van der Waals surface area contributed by atoms with E-state index < -0.39 is 0 Å². The summed E-state index contributed by atoms with van der Waals surface area (Å²) in [6.45, 7) is 7.85. The molecule has 0 amide bonds. The highest BCUT2D eigenvalue weighted by molar-refractivity contribution is 9.10. The van der Waals surface area contributed by atoms with Gasteiger partial charge in [0.25, 0.3) is 0 Å². The van der Waals surface area contributed by atoms with Crippen LogP contribution in [0.5, 0.6) is 0 Å². The first-order valence-electron chi connectivity index (χ1n) is 5.91. The lowest BCUT2D eigenvalue weighted by Gasteiger charge is -2.40. The van der Waals surface area contributed by atoms with Gasteiger partial charge in [0.05, 0.1) is 0 Å². The minimum Gasteiger partial charge on any atom is -0.366 e. The third-order valence-electron chi connectivity index (χ3n) is 3.19. The molecule has 1 fully saturated rings. The maximum absolute atomic E-state index is 3.54. The molecule has 1 heterocycles. The fraction of sp³-hybridized carbons (Fsp3) is 0.538. The van der Waals surface area contributed by atoms with Gasteiger partial charge in [-0.05, 0) is 24.1 Å². The number of benzene rings is 1. The van der Waals surface area contributed by atoms with Gasteiger partial charge in [0.2, 0.25) is 0 Å². The molecule has 0 spiro atoms. The minimum atomic E-state index is 0.600. The van der Waals surface area contributed by atoms with Crippen LogP contribution in [0.3, 0.4) is 0 Å². The maximum atomic E-state index is 3.54. The Balaban J connectivity index is 2.23. The van der Waals surface area contributed by atoms with E-state index in [1.54, 1.807) is 0 Å². The second kappa shape index (κ2) is 5.19. The molecule has 1 aromatic carbocycles. The van der Waals surface area contributed by atoms with Crippen LogP contribution >= 0.6 is 15.9 Å². The molecule has 16 heavy (non-hydrogen) atoms. The molecule has 1 unspecified atom stereocenters. The van der Waals surface area contributed by atoms with Crippen LogP contribution in [0.4, 0.5) is 5.69 Å². The van der Waals surface area contributed by atoms with E-state index in [4.69, 9.17) is 0 Å². The molecule has 2 nitrogen and oxygen atoms in total. The Morgan fingerprint density at radius 1 is 1.44 bits per heavy atom. The van der Waals surface area contributed by atoms with Gasteiger partial charge in [-0.2, -0.15) is 0 Å². The molecule has 1 atom stereocenters. The van der Waals surface area contributed by atoms with Gasteiger partial charge in [-0.3, -0.25) is 0 Å². The van der Waals surface area contributed by atoms with Crippen LogP contribution < -0.4 is 10.2 Å². The number of halogens is 1. The third-order valence-corrected chi connectivity index (χ3v) is 3.69. The molecular formula is C13H19BrN2. The van der Waals surface area contributed by atoms with Gasteiger partial charge >= 0.3 is 0 Å². The fourth-order valence-electron chi connectivity index (χ4n) is 2.30. The van der Waals surface area contributed by atoms with Crippen molar-refractivity contribution in [1.29, 1.82) is 0 Å². The van der Waals surface area contributed by atoms with E-state index in [9.17, 15) is 0 Å². The van der Waals surface area contributed by atoms with E-state index in [1.165, 1.54) is 5.69 Å². The molecular weight excluding hydrogens is 264 g/mol. The van der Waals surface area contributed by atoms with Crippen LogP contribution in [0.25, 0.3) is 0 Å². The highest BCUT2D eigenvalue weighted by Crippen LogP contribution is 2.25. The Kier molecular flexibility index (Phi) is 3.87. The van der Waals surface area contributed by atoms with Crippen LogP contribution in [0.2, 0.25) is 0 Å². The molecule has 2 rings (SSSR count). The Morgan fingerprint density at radius 2 is 2.25 bits per heavy atom. The molecule has 0 saturated carbocycles. The Labute approximate surface area is 106 Å². The van der Waals surface area contributed by atoms with Gasteiger partial charge in [0, 0.05) is 35.8 Å². The zero-order valence-electron chi connectivity index (χ0n) is 9.91. The number of hydrogen-bond acceptors (Lipinski definition) is 2. The standard InChI is InChI=1S/C13H19BrN2/c1-10(2)13-9-15-6-7-16(13)12-5-3-4-11(14)8-12/h3-5,8,10,13,15H,6-7,9H2,1-2H3. The summed E-state index contributed by atoms with van der Waals surface area (Å²) in [7, 11) is 0. The highest BCUT2D eigenvalue weighted by atomic mass is 79.9. The van der Waals surface area contributed by atoms with Crippen LogP contribution in [-0.2, 0) is 0 Å². The molecule has 88 valence electrons. The molecule has 1 saturated heterocycles. The Morgan fingerprint density at radius 3 is 2.94 bits per heavy atom. The van der Waals surface area contributed by atoms with E-state index in [0.29, 0.717) is 12.0 Å². The van der Waals surface area contributed by atoms with Crippen LogP contribution in [0.15, 0.2) is 28.7 Å². The number of piperazine rings is 1. The second-order valence-corrected chi connectivity index (χ2v) is 5.60. The average molecular weight is 283 g/mol. The van der Waals surface area contributed by atoms with Gasteiger partial charge in [-0.25, -0.2) is 0 Å². The lowest BCUT2D eigenvalue weighted by Crippen LogP contribution is -2.53. The number of nitrogens with zero attached hydrogens (tertiary/aromatic N) is 1. The Hall–Kier alpha value is -0.540. The quantitative estimate of drug-likeness (QED) is 0.898. The van der Waals surface area contributed by atoms with Crippen molar-refractivity contribution >= 4 is 21.6 Å². The smallest absolute Gasteiger partial charge is 0.0438 e. The molecule has 0 bridgehead atoms. The van der Waals surface area contributed by atoms with Gasteiger partial charge in [0.1, 0.15) is 0 Å². The summed E-state index contributed by atoms with van der Waals surface area (Å²) < 4.78 is 1.16. The van der Waals surface area contributed by atoms with Crippen molar-refractivity contribution in [1.82, 2.24) is 5.32 Å². The maximum Gasteiger partial charge on any atom is 0.0438 e. The molecule has 3 heteroatoms. The summed E-state index contributed by atoms with van der Waals surface area (Å²) in [4.78, 5) is 2.52. The largest absolute Gasteiger partial charge is 0.366 e. The van der Waals surface area contributed by atoms with E-state index in [2.05, 4.69) is 64.3 Å². The van der Waals surface area contributed by atoms with Crippen molar-refractivity contribution in [3.63, 3.8) is 0 Å². The van der Waals surface area contributed by atoms with Gasteiger partial charge in [0.15, 0.2) is 0 Å². The van der Waals surface area contributed by atoms with E-state index >= 15 is 0 Å². The number of anilines is 1. The predicted molar refractivity (Wildman–Crippen MR) is 73.0 cm³/mol. The lowest BCUT2D eigenvalue weighted by atomic mass is 10.00. The lowest BCUT2D eigenvalue weighted by molar-refractivity contribution is 0.390. The van der Waals surface area contributed by atoms with E-state index in [1.807, 2.05) is 0 Å². The number of nitrogens with one attached hydrogen (secondary N) is 1. The molecule has 1 aliphatic rings. The van der Waals surface area contributed by atoms with Crippen molar-refractivity contribution in [2.45, 2.75) is 19.9 Å². The van der Waals surface area contributed by atoms with Crippen molar-refractivity contribution in [3.8, 4) is 0 Å².